The summed E-state index contributed by atoms with van der Waals surface area (Å²) in [5.74, 6) is 1.60. The normalized spacial score (nSPS) is 17.0. The van der Waals surface area contributed by atoms with Crippen molar-refractivity contribution in [3.63, 3.8) is 0 Å². The second-order valence-corrected chi connectivity index (χ2v) is 5.63. The van der Waals surface area contributed by atoms with Crippen molar-refractivity contribution in [2.45, 2.75) is 0 Å². The highest BCUT2D eigenvalue weighted by Crippen LogP contribution is 2.32. The van der Waals surface area contributed by atoms with Crippen LogP contribution in [0.2, 0.25) is 0 Å². The summed E-state index contributed by atoms with van der Waals surface area (Å²) in [6.45, 7) is 4.13. The van der Waals surface area contributed by atoms with Gasteiger partial charge in [-0.15, -0.1) is 0 Å². The first-order valence-electron chi connectivity index (χ1n) is 7.87. The van der Waals surface area contributed by atoms with Crippen LogP contribution in [0.15, 0.2) is 53.6 Å². The van der Waals surface area contributed by atoms with Gasteiger partial charge in [-0.25, -0.2) is 0 Å². The summed E-state index contributed by atoms with van der Waals surface area (Å²) in [5, 5.41) is 6.71. The molecule has 0 radical (unpaired) electrons. The van der Waals surface area contributed by atoms with Crippen molar-refractivity contribution in [3.8, 4) is 11.5 Å². The van der Waals surface area contributed by atoms with Crippen LogP contribution in [0.25, 0.3) is 0 Å². The van der Waals surface area contributed by atoms with Gasteiger partial charge in [-0.05, 0) is 35.9 Å². The zero-order chi connectivity index (χ0) is 15.5. The number of piperazine rings is 1. The maximum absolute atomic E-state index is 5.39. The van der Waals surface area contributed by atoms with Crippen LogP contribution in [0.1, 0.15) is 5.56 Å². The third-order valence-corrected chi connectivity index (χ3v) is 4.14. The van der Waals surface area contributed by atoms with Crippen LogP contribution in [0.5, 0.6) is 11.5 Å². The number of hydrazone groups is 1. The highest BCUT2D eigenvalue weighted by atomic mass is 16.7. The average molecular weight is 309 g/mol. The molecule has 4 rings (SSSR count). The molecule has 2 aliphatic heterocycles. The molecule has 0 saturated carbocycles. The maximum Gasteiger partial charge on any atom is 0.231 e. The van der Waals surface area contributed by atoms with Crippen molar-refractivity contribution in [2.24, 2.45) is 5.10 Å². The Hall–Kier alpha value is -2.69. The number of rotatable bonds is 3. The van der Waals surface area contributed by atoms with Crippen molar-refractivity contribution in [3.05, 3.63) is 54.1 Å². The van der Waals surface area contributed by atoms with Crippen LogP contribution >= 0.6 is 0 Å². The predicted molar refractivity (Wildman–Crippen MR) is 90.4 cm³/mol. The van der Waals surface area contributed by atoms with E-state index in [2.05, 4.69) is 45.3 Å². The van der Waals surface area contributed by atoms with Crippen molar-refractivity contribution in [2.75, 3.05) is 37.9 Å². The SMILES string of the molecule is C(=N\N1CCN(c2ccccc2)CC1)/c1ccc2c(c1)OCO2. The molecule has 2 aromatic carbocycles. The van der Waals surface area contributed by atoms with Crippen LogP contribution in [0, 0.1) is 0 Å². The van der Waals surface area contributed by atoms with Gasteiger partial charge in [0.05, 0.1) is 19.3 Å². The number of benzene rings is 2. The van der Waals surface area contributed by atoms with Crippen molar-refractivity contribution < 1.29 is 9.47 Å². The molecule has 0 amide bonds. The standard InChI is InChI=1S/C18H19N3O2/c1-2-4-16(5-3-1)20-8-10-21(11-9-20)19-13-15-6-7-17-18(12-15)23-14-22-17/h1-7,12-13H,8-11,14H2/b19-13+. The van der Waals surface area contributed by atoms with Crippen molar-refractivity contribution >= 4 is 11.9 Å². The molecule has 2 aliphatic rings. The fourth-order valence-corrected chi connectivity index (χ4v) is 2.85. The molecule has 1 fully saturated rings. The van der Waals surface area contributed by atoms with E-state index in [0.717, 1.165) is 43.2 Å². The van der Waals surface area contributed by atoms with Gasteiger partial charge in [-0.2, -0.15) is 5.10 Å². The summed E-state index contributed by atoms with van der Waals surface area (Å²) in [4.78, 5) is 2.40. The molecule has 5 heteroatoms. The second-order valence-electron chi connectivity index (χ2n) is 5.63. The maximum atomic E-state index is 5.39. The van der Waals surface area contributed by atoms with E-state index in [9.17, 15) is 0 Å². The molecule has 0 N–H and O–H groups in total. The van der Waals surface area contributed by atoms with Gasteiger partial charge in [-0.3, -0.25) is 5.01 Å². The van der Waals surface area contributed by atoms with Crippen molar-refractivity contribution in [1.82, 2.24) is 5.01 Å². The van der Waals surface area contributed by atoms with E-state index in [1.807, 2.05) is 24.4 Å². The van der Waals surface area contributed by atoms with Gasteiger partial charge >= 0.3 is 0 Å². The van der Waals surface area contributed by atoms with E-state index >= 15 is 0 Å². The summed E-state index contributed by atoms with van der Waals surface area (Å²) in [5.41, 5.74) is 2.31. The third kappa shape index (κ3) is 3.08. The van der Waals surface area contributed by atoms with E-state index in [1.165, 1.54) is 5.69 Å². The molecule has 23 heavy (non-hydrogen) atoms. The van der Waals surface area contributed by atoms with E-state index in [1.54, 1.807) is 0 Å². The van der Waals surface area contributed by atoms with Gasteiger partial charge < -0.3 is 14.4 Å². The number of nitrogens with zero attached hydrogens (tertiary/aromatic N) is 3. The largest absolute Gasteiger partial charge is 0.454 e. The molecule has 2 heterocycles. The van der Waals surface area contributed by atoms with Crippen LogP contribution in [0.3, 0.4) is 0 Å². The lowest BCUT2D eigenvalue weighted by atomic mass is 10.2. The first-order chi connectivity index (χ1) is 11.4. The Bertz CT molecular complexity index is 695. The molecule has 0 spiro atoms. The first kappa shape index (κ1) is 13.9. The van der Waals surface area contributed by atoms with Crippen LogP contribution < -0.4 is 14.4 Å². The Balaban J connectivity index is 1.36. The summed E-state index contributed by atoms with van der Waals surface area (Å²) >= 11 is 0. The molecular formula is C18H19N3O2. The van der Waals surface area contributed by atoms with Gasteiger partial charge in [-0.1, -0.05) is 18.2 Å². The third-order valence-electron chi connectivity index (χ3n) is 4.14. The highest BCUT2D eigenvalue weighted by molar-refractivity contribution is 5.80. The summed E-state index contributed by atoms with van der Waals surface area (Å²) in [7, 11) is 0. The molecule has 1 saturated heterocycles. The van der Waals surface area contributed by atoms with Gasteiger partial charge in [0.1, 0.15) is 0 Å². The van der Waals surface area contributed by atoms with Gasteiger partial charge in [0.25, 0.3) is 0 Å². The molecule has 0 atom stereocenters. The Labute approximate surface area is 135 Å². The lowest BCUT2D eigenvalue weighted by Gasteiger charge is -2.34. The molecule has 5 nitrogen and oxygen atoms in total. The summed E-state index contributed by atoms with van der Waals surface area (Å²) in [6, 6.07) is 16.4. The number of para-hydroxylation sites is 1. The van der Waals surface area contributed by atoms with Gasteiger partial charge in [0.2, 0.25) is 6.79 Å². The summed E-state index contributed by atoms with van der Waals surface area (Å²) < 4.78 is 10.7. The predicted octanol–water partition coefficient (Wildman–Crippen LogP) is 2.57. The Kier molecular flexibility index (Phi) is 3.76. The lowest BCUT2D eigenvalue weighted by Crippen LogP contribution is -2.44. The number of anilines is 1. The number of ether oxygens (including phenoxy) is 2. The zero-order valence-electron chi connectivity index (χ0n) is 12.9. The van der Waals surface area contributed by atoms with Crippen LogP contribution in [-0.2, 0) is 0 Å². The van der Waals surface area contributed by atoms with E-state index in [4.69, 9.17) is 9.47 Å². The first-order valence-corrected chi connectivity index (χ1v) is 7.87. The summed E-state index contributed by atoms with van der Waals surface area (Å²) in [6.07, 6.45) is 1.89. The number of hydrogen-bond acceptors (Lipinski definition) is 5. The molecule has 0 bridgehead atoms. The second kappa shape index (κ2) is 6.20. The molecule has 0 aliphatic carbocycles. The molecule has 2 aromatic rings. The van der Waals surface area contributed by atoms with E-state index in [-0.39, 0.29) is 0 Å². The average Bonchev–Trinajstić information content (AvgIpc) is 3.09. The molecule has 0 unspecified atom stereocenters. The van der Waals surface area contributed by atoms with E-state index in [0.29, 0.717) is 6.79 Å². The minimum Gasteiger partial charge on any atom is -0.454 e. The van der Waals surface area contributed by atoms with Gasteiger partial charge in [0.15, 0.2) is 11.5 Å². The minimum absolute atomic E-state index is 0.303. The Morgan fingerprint density at radius 3 is 2.48 bits per heavy atom. The van der Waals surface area contributed by atoms with E-state index < -0.39 is 0 Å². The molecular weight excluding hydrogens is 290 g/mol. The number of hydrogen-bond donors (Lipinski definition) is 0. The zero-order valence-corrected chi connectivity index (χ0v) is 12.9. The Morgan fingerprint density at radius 2 is 1.65 bits per heavy atom. The quantitative estimate of drug-likeness (QED) is 0.817. The highest BCUT2D eigenvalue weighted by Gasteiger charge is 2.16. The molecule has 118 valence electrons. The topological polar surface area (TPSA) is 37.3 Å². The van der Waals surface area contributed by atoms with Crippen molar-refractivity contribution in [1.29, 1.82) is 0 Å². The minimum atomic E-state index is 0.303. The fraction of sp³-hybridized carbons (Fsp3) is 0.278. The van der Waals surface area contributed by atoms with Gasteiger partial charge in [0, 0.05) is 18.8 Å². The van der Waals surface area contributed by atoms with Crippen LogP contribution in [0.4, 0.5) is 5.69 Å². The lowest BCUT2D eigenvalue weighted by molar-refractivity contribution is 0.174. The smallest absolute Gasteiger partial charge is 0.231 e. The fourth-order valence-electron chi connectivity index (χ4n) is 2.85. The van der Waals surface area contributed by atoms with Crippen LogP contribution in [-0.4, -0.2) is 44.2 Å². The Morgan fingerprint density at radius 1 is 0.870 bits per heavy atom. The molecule has 0 aromatic heterocycles. The number of fused-ring (bicyclic) bond motifs is 1. The monoisotopic (exact) mass is 309 g/mol.